The molecule has 4 N–H and O–H groups in total. The molecule has 83 heavy (non-hydrogen) atoms. The van der Waals surface area contributed by atoms with Crippen molar-refractivity contribution < 1.29 is 33.5 Å². The number of aromatic hydroxyl groups is 1. The number of aromatic nitrogens is 5. The molecule has 2 amide bonds. The zero-order chi connectivity index (χ0) is 57.3. The summed E-state index contributed by atoms with van der Waals surface area (Å²) in [5.41, 5.74) is 6.93. The number of fused-ring (bicyclic) bond motifs is 4. The van der Waals surface area contributed by atoms with Gasteiger partial charge in [0, 0.05) is 101 Å². The Morgan fingerprint density at radius 2 is 1.71 bits per heavy atom. The highest BCUT2D eigenvalue weighted by atomic mass is 32.1. The number of nitrogens with zero attached hydrogens (tertiary/aromatic N) is 10. The number of phenols is 1. The van der Waals surface area contributed by atoms with Crippen LogP contribution in [0.2, 0.25) is 0 Å². The van der Waals surface area contributed by atoms with E-state index in [1.165, 1.54) is 4.90 Å². The number of aliphatic hydroxyl groups is 1. The zero-order valence-corrected chi connectivity index (χ0v) is 48.9. The number of nitrogens with one attached hydrogen (secondary N) is 2. The Labute approximate surface area is 487 Å². The van der Waals surface area contributed by atoms with Crippen molar-refractivity contribution in [2.45, 2.75) is 109 Å². The number of phenolic OH excluding ortho intramolecular Hbond substituents is 1. The number of hydrogen-bond donors (Lipinski definition) is 4. The summed E-state index contributed by atoms with van der Waals surface area (Å²) in [7, 11) is 0. The maximum Gasteiger partial charge on any atom is 0.319 e. The molecule has 7 aromatic rings. The van der Waals surface area contributed by atoms with Crippen LogP contribution in [-0.2, 0) is 16.0 Å². The number of hydrogen-bond acceptors (Lipinski definition) is 17. The lowest BCUT2D eigenvalue weighted by Crippen LogP contribution is -2.72. The maximum absolute atomic E-state index is 17.1. The Morgan fingerprint density at radius 1 is 0.940 bits per heavy atom. The summed E-state index contributed by atoms with van der Waals surface area (Å²) in [6.07, 6.45) is 6.17. The van der Waals surface area contributed by atoms with Crippen LogP contribution in [0.1, 0.15) is 94.3 Å². The van der Waals surface area contributed by atoms with Gasteiger partial charge in [0.15, 0.2) is 17.4 Å². The summed E-state index contributed by atoms with van der Waals surface area (Å²) in [5, 5.41) is 35.1. The average Bonchev–Trinajstić information content (AvgIpc) is 4.49. The Balaban J connectivity index is 0.589. The van der Waals surface area contributed by atoms with E-state index < -0.39 is 23.9 Å². The number of β-amino-alcohol motifs (C(OH)–C–C–N with tert-alkyl or cyclic N) is 1. The average molecular weight is 1150 g/mol. The number of anilines is 2. The van der Waals surface area contributed by atoms with Crippen LogP contribution >= 0.6 is 11.3 Å². The molecule has 6 aliphatic rings. The standard InChI is InChI=1S/C63H75FN12O6S/c1-6-40-8-7-9-43-22-46(77)23-48(54(40)43)56-55(64)57-49(26-65-56)59(74-28-44-14-15-45(29-74)68-44)70-62(69-57)81-21-20-72-18-16-39(17-19-72)27-73-31-63(32-73)33-75(34-63)52-25-51(82-71-52)53(36(2)3)61(80)76-30-47(78)24-50(76)60(79)67-37(4)41-10-12-42(13-11-41)58-38(5)66-35-83-58/h7-13,22-23,25-26,35-37,39,44-45,47,50,53,68,77-78H,6,14-21,24,27-34H2,1-5H3,(H,67,79)/t37-,44?,45?,47+,50-,53-/m0/s1. The number of aliphatic hydroxyl groups excluding tert-OH is 1. The van der Waals surface area contributed by atoms with E-state index in [9.17, 15) is 19.8 Å². The van der Waals surface area contributed by atoms with Crippen molar-refractivity contribution in [2.24, 2.45) is 17.3 Å². The van der Waals surface area contributed by atoms with Gasteiger partial charge < -0.3 is 49.7 Å². The highest BCUT2D eigenvalue weighted by Crippen LogP contribution is 2.44. The van der Waals surface area contributed by atoms with Crippen molar-refractivity contribution in [1.82, 2.24) is 50.4 Å². The SMILES string of the molecule is CCc1cccc2cc(O)cc(-c3ncc4c(N5CC6CCC(C5)N6)nc(OCCN5CCC(CN6CC7(C6)CN(c6cc([C@@H](C(=O)N8C[C@H](O)C[C@H]8C(=O)N[C@@H](C)c8ccc(-c9scnc9C)cc8)C(C)C)on6)C7)CC5)nc4c3F)c12. The number of carbonyl (C=O) groups is 2. The van der Waals surface area contributed by atoms with E-state index in [4.69, 9.17) is 24.2 Å². The predicted molar refractivity (Wildman–Crippen MR) is 318 cm³/mol. The lowest BCUT2D eigenvalue weighted by molar-refractivity contribution is -0.141. The van der Waals surface area contributed by atoms with E-state index >= 15 is 4.39 Å². The quantitative estimate of drug-likeness (QED) is 0.0681. The molecule has 2 unspecified atom stereocenters. The van der Waals surface area contributed by atoms with Gasteiger partial charge in [-0.15, -0.1) is 11.3 Å². The molecular weight excluding hydrogens is 1070 g/mol. The first-order valence-electron chi connectivity index (χ1n) is 29.9. The molecule has 10 heterocycles. The highest BCUT2D eigenvalue weighted by Gasteiger charge is 2.53. The van der Waals surface area contributed by atoms with Crippen LogP contribution in [0, 0.1) is 30.0 Å². The topological polar surface area (TPSA) is 202 Å². The second kappa shape index (κ2) is 22.6. The minimum atomic E-state index is -0.812. The number of pyridine rings is 1. The lowest BCUT2D eigenvalue weighted by atomic mass is 9.72. The number of aryl methyl sites for hydroxylation is 2. The molecular formula is C63H75FN12O6S. The molecule has 6 aliphatic heterocycles. The minimum Gasteiger partial charge on any atom is -0.508 e. The molecule has 0 saturated carbocycles. The first-order chi connectivity index (χ1) is 40.2. The summed E-state index contributed by atoms with van der Waals surface area (Å²) < 4.78 is 29.4. The third-order valence-electron chi connectivity index (χ3n) is 18.6. The number of piperazine rings is 1. The molecule has 6 atom stereocenters. The Kier molecular flexibility index (Phi) is 15.1. The number of benzene rings is 3. The largest absolute Gasteiger partial charge is 0.508 e. The number of ether oxygens (including phenoxy) is 1. The normalized spacial score (nSPS) is 22.6. The van der Waals surface area contributed by atoms with Crippen molar-refractivity contribution in [3.8, 4) is 33.5 Å². The van der Waals surface area contributed by atoms with Crippen LogP contribution < -0.4 is 25.2 Å². The number of rotatable bonds is 17. The molecule has 436 valence electrons. The molecule has 6 saturated heterocycles. The molecule has 13 rings (SSSR count). The fourth-order valence-corrected chi connectivity index (χ4v) is 15.1. The second-order valence-electron chi connectivity index (χ2n) is 24.9. The van der Waals surface area contributed by atoms with Crippen LogP contribution in [0.3, 0.4) is 0 Å². The summed E-state index contributed by atoms with van der Waals surface area (Å²) in [5.74, 6) is 0.591. The van der Waals surface area contributed by atoms with Gasteiger partial charge in [0.2, 0.25) is 11.8 Å². The van der Waals surface area contributed by atoms with E-state index in [0.29, 0.717) is 53.7 Å². The number of amides is 2. The Bertz CT molecular complexity index is 3530. The Hall–Kier alpha value is -6.84. The Morgan fingerprint density at radius 3 is 2.43 bits per heavy atom. The van der Waals surface area contributed by atoms with Gasteiger partial charge in [-0.2, -0.15) is 9.97 Å². The van der Waals surface area contributed by atoms with E-state index in [1.54, 1.807) is 29.7 Å². The van der Waals surface area contributed by atoms with Crippen LogP contribution in [0.15, 0.2) is 76.9 Å². The second-order valence-corrected chi connectivity index (χ2v) is 25.8. The van der Waals surface area contributed by atoms with E-state index in [0.717, 1.165) is 135 Å². The third kappa shape index (κ3) is 10.9. The number of piperidine rings is 1. The zero-order valence-electron chi connectivity index (χ0n) is 48.1. The van der Waals surface area contributed by atoms with E-state index in [1.807, 2.05) is 81.7 Å². The van der Waals surface area contributed by atoms with Gasteiger partial charge in [-0.3, -0.25) is 19.5 Å². The van der Waals surface area contributed by atoms with Gasteiger partial charge in [-0.25, -0.2) is 9.37 Å². The summed E-state index contributed by atoms with van der Waals surface area (Å²) in [6.45, 7) is 19.5. The van der Waals surface area contributed by atoms with Crippen LogP contribution in [-0.4, -0.2) is 165 Å². The third-order valence-corrected chi connectivity index (χ3v) is 19.6. The van der Waals surface area contributed by atoms with Gasteiger partial charge in [-0.1, -0.05) is 68.4 Å². The van der Waals surface area contributed by atoms with E-state index in [-0.39, 0.29) is 65.1 Å². The fourth-order valence-electron chi connectivity index (χ4n) is 14.3. The van der Waals surface area contributed by atoms with Gasteiger partial charge >= 0.3 is 6.01 Å². The lowest BCUT2D eigenvalue weighted by Gasteiger charge is -2.61. The molecule has 3 aromatic carbocycles. The predicted octanol–water partition coefficient (Wildman–Crippen LogP) is 8.10. The van der Waals surface area contributed by atoms with Gasteiger partial charge in [0.05, 0.1) is 33.6 Å². The molecule has 0 aliphatic carbocycles. The van der Waals surface area contributed by atoms with Crippen molar-refractivity contribution in [2.75, 3.05) is 88.4 Å². The van der Waals surface area contributed by atoms with Gasteiger partial charge in [0.1, 0.15) is 41.3 Å². The molecule has 6 fully saturated rings. The fraction of sp³-hybridized carbons (Fsp3) is 0.508. The van der Waals surface area contributed by atoms with Crippen molar-refractivity contribution in [3.05, 3.63) is 101 Å². The van der Waals surface area contributed by atoms with Crippen molar-refractivity contribution >= 4 is 56.5 Å². The van der Waals surface area contributed by atoms with Gasteiger partial charge in [-0.05, 0) is 110 Å². The summed E-state index contributed by atoms with van der Waals surface area (Å²) >= 11 is 1.60. The molecule has 18 nitrogen and oxygen atoms in total. The first-order valence-corrected chi connectivity index (χ1v) is 30.7. The number of likely N-dealkylation sites (tertiary alicyclic amines) is 3. The first kappa shape index (κ1) is 55.4. The van der Waals surface area contributed by atoms with Crippen molar-refractivity contribution in [3.63, 3.8) is 0 Å². The smallest absolute Gasteiger partial charge is 0.319 e. The van der Waals surface area contributed by atoms with Crippen LogP contribution in [0.4, 0.5) is 16.0 Å². The van der Waals surface area contributed by atoms with Gasteiger partial charge in [0.25, 0.3) is 0 Å². The molecule has 4 aromatic heterocycles. The molecule has 2 bridgehead atoms. The number of thiazole rings is 1. The number of halogens is 1. The maximum atomic E-state index is 17.1. The minimum absolute atomic E-state index is 0.0480. The van der Waals surface area contributed by atoms with E-state index in [2.05, 4.69) is 47.3 Å². The summed E-state index contributed by atoms with van der Waals surface area (Å²) in [6, 6.07) is 18.9. The summed E-state index contributed by atoms with van der Waals surface area (Å²) in [4.78, 5) is 59.2. The molecule has 20 heteroatoms. The van der Waals surface area contributed by atoms with Crippen LogP contribution in [0.25, 0.3) is 43.4 Å². The van der Waals surface area contributed by atoms with Crippen molar-refractivity contribution in [1.29, 1.82) is 0 Å². The monoisotopic (exact) mass is 1150 g/mol. The number of carbonyl (C=O) groups excluding carboxylic acids is 2. The highest BCUT2D eigenvalue weighted by molar-refractivity contribution is 7.13. The molecule has 0 radical (unpaired) electrons. The molecule has 1 spiro atoms. The van der Waals surface area contributed by atoms with Crippen LogP contribution in [0.5, 0.6) is 11.8 Å².